The van der Waals surface area contributed by atoms with Crippen molar-refractivity contribution < 1.29 is 9.53 Å². The third-order valence-corrected chi connectivity index (χ3v) is 3.68. The van der Waals surface area contributed by atoms with Crippen LogP contribution in [-0.4, -0.2) is 16.6 Å². The van der Waals surface area contributed by atoms with Gasteiger partial charge in [-0.2, -0.15) is 0 Å². The number of carbonyl (C=O) groups is 1. The first-order chi connectivity index (χ1) is 11.8. The van der Waals surface area contributed by atoms with Crippen LogP contribution in [0, 0.1) is 12.3 Å². The van der Waals surface area contributed by atoms with E-state index >= 15 is 0 Å². The van der Waals surface area contributed by atoms with Crippen molar-refractivity contribution in [3.63, 3.8) is 0 Å². The summed E-state index contributed by atoms with van der Waals surface area (Å²) in [4.78, 5) is 14.3. The molecule has 0 fully saturated rings. The van der Waals surface area contributed by atoms with Crippen molar-refractivity contribution in [3.8, 4) is 12.3 Å². The average Bonchev–Trinajstić information content (AvgIpc) is 2.55. The van der Waals surface area contributed by atoms with Crippen LogP contribution in [0.5, 0.6) is 0 Å². The van der Waals surface area contributed by atoms with Gasteiger partial charge in [0.2, 0.25) is 0 Å². The summed E-state index contributed by atoms with van der Waals surface area (Å²) in [6.07, 6.45) is 5.03. The zero-order valence-corrected chi connectivity index (χ0v) is 15.5. The van der Waals surface area contributed by atoms with Crippen LogP contribution in [0.2, 0.25) is 5.02 Å². The first kappa shape index (κ1) is 18.9. The van der Waals surface area contributed by atoms with Gasteiger partial charge in [0, 0.05) is 23.7 Å². The lowest BCUT2D eigenvalue weighted by Gasteiger charge is -2.27. The van der Waals surface area contributed by atoms with Gasteiger partial charge in [-0.1, -0.05) is 41.8 Å². The third-order valence-electron chi connectivity index (χ3n) is 3.43. The third kappa shape index (κ3) is 6.17. The van der Waals surface area contributed by atoms with E-state index in [1.165, 1.54) is 0 Å². The molecule has 0 aliphatic carbocycles. The summed E-state index contributed by atoms with van der Waals surface area (Å²) in [5.41, 5.74) is 2.22. The SMILES string of the molecule is C#Cc1ccc(CN(Cc2ccc(Cl)cc2)C(=O)OC(C)(C)C)cc1. The molecule has 0 heterocycles. The smallest absolute Gasteiger partial charge is 0.410 e. The minimum absolute atomic E-state index is 0.358. The number of amides is 1. The molecule has 25 heavy (non-hydrogen) atoms. The Hall–Kier alpha value is -2.44. The second-order valence-corrected chi connectivity index (χ2v) is 7.24. The lowest BCUT2D eigenvalue weighted by atomic mass is 10.1. The molecule has 0 unspecified atom stereocenters. The first-order valence-electron chi connectivity index (χ1n) is 8.05. The molecule has 0 aliphatic heterocycles. The van der Waals surface area contributed by atoms with Crippen LogP contribution in [-0.2, 0) is 17.8 Å². The predicted molar refractivity (Wildman–Crippen MR) is 101 cm³/mol. The Balaban J connectivity index is 2.19. The summed E-state index contributed by atoms with van der Waals surface area (Å²) >= 11 is 5.93. The zero-order valence-electron chi connectivity index (χ0n) is 14.8. The molecular weight excluding hydrogens is 334 g/mol. The van der Waals surface area contributed by atoms with Crippen LogP contribution >= 0.6 is 11.6 Å². The second kappa shape index (κ2) is 8.09. The molecule has 0 saturated heterocycles. The summed E-state index contributed by atoms with van der Waals surface area (Å²) in [7, 11) is 0. The van der Waals surface area contributed by atoms with Crippen molar-refractivity contribution in [2.75, 3.05) is 0 Å². The van der Waals surface area contributed by atoms with E-state index in [2.05, 4.69) is 5.92 Å². The number of hydrogen-bond donors (Lipinski definition) is 0. The van der Waals surface area contributed by atoms with Gasteiger partial charge in [-0.25, -0.2) is 4.79 Å². The molecule has 0 radical (unpaired) electrons. The standard InChI is InChI=1S/C21H22ClNO2/c1-5-16-6-8-17(9-7-16)14-23(20(24)25-21(2,3)4)15-18-10-12-19(22)13-11-18/h1,6-13H,14-15H2,2-4H3. The number of carbonyl (C=O) groups excluding carboxylic acids is 1. The maximum absolute atomic E-state index is 12.6. The fraction of sp³-hybridized carbons (Fsp3) is 0.286. The highest BCUT2D eigenvalue weighted by atomic mass is 35.5. The van der Waals surface area contributed by atoms with Crippen LogP contribution in [0.3, 0.4) is 0 Å². The highest BCUT2D eigenvalue weighted by Gasteiger charge is 2.22. The van der Waals surface area contributed by atoms with Gasteiger partial charge in [0.15, 0.2) is 0 Å². The Labute approximate surface area is 154 Å². The van der Waals surface area contributed by atoms with Gasteiger partial charge in [-0.3, -0.25) is 4.90 Å². The molecule has 0 aromatic heterocycles. The fourth-order valence-corrected chi connectivity index (χ4v) is 2.37. The Bertz CT molecular complexity index is 752. The van der Waals surface area contributed by atoms with Gasteiger partial charge in [0.1, 0.15) is 5.60 Å². The number of terminal acetylenes is 1. The van der Waals surface area contributed by atoms with Crippen molar-refractivity contribution in [2.24, 2.45) is 0 Å². The largest absolute Gasteiger partial charge is 0.444 e. The van der Waals surface area contributed by atoms with Gasteiger partial charge in [-0.05, 0) is 56.2 Å². The van der Waals surface area contributed by atoms with Crippen LogP contribution in [0.25, 0.3) is 0 Å². The monoisotopic (exact) mass is 355 g/mol. The molecule has 130 valence electrons. The van der Waals surface area contributed by atoms with Crippen molar-refractivity contribution in [1.82, 2.24) is 4.90 Å². The summed E-state index contributed by atoms with van der Waals surface area (Å²) in [6, 6.07) is 15.0. The Kier molecular flexibility index (Phi) is 6.12. The van der Waals surface area contributed by atoms with Gasteiger partial charge in [-0.15, -0.1) is 6.42 Å². The molecule has 2 aromatic rings. The molecule has 3 nitrogen and oxygen atoms in total. The topological polar surface area (TPSA) is 29.5 Å². The number of rotatable bonds is 4. The van der Waals surface area contributed by atoms with E-state index in [-0.39, 0.29) is 6.09 Å². The zero-order chi connectivity index (χ0) is 18.4. The van der Waals surface area contributed by atoms with Gasteiger partial charge in [0.05, 0.1) is 0 Å². The van der Waals surface area contributed by atoms with E-state index in [1.54, 1.807) is 4.90 Å². The summed E-state index contributed by atoms with van der Waals surface area (Å²) in [6.45, 7) is 6.43. The highest BCUT2D eigenvalue weighted by Crippen LogP contribution is 2.17. The predicted octanol–water partition coefficient (Wildman–Crippen LogP) is 5.26. The lowest BCUT2D eigenvalue weighted by molar-refractivity contribution is 0.0216. The number of ether oxygens (including phenoxy) is 1. The minimum atomic E-state index is -0.553. The van der Waals surface area contributed by atoms with E-state index in [0.717, 1.165) is 16.7 Å². The van der Waals surface area contributed by atoms with Crippen LogP contribution in [0.4, 0.5) is 4.79 Å². The van der Waals surface area contributed by atoms with E-state index in [0.29, 0.717) is 18.1 Å². The maximum atomic E-state index is 12.6. The van der Waals surface area contributed by atoms with Crippen LogP contribution < -0.4 is 0 Å². The molecular formula is C21H22ClNO2. The number of nitrogens with zero attached hydrogens (tertiary/aromatic N) is 1. The average molecular weight is 356 g/mol. The highest BCUT2D eigenvalue weighted by molar-refractivity contribution is 6.30. The van der Waals surface area contributed by atoms with Gasteiger partial charge in [0.25, 0.3) is 0 Å². The molecule has 0 N–H and O–H groups in total. The quantitative estimate of drug-likeness (QED) is 0.700. The van der Waals surface area contributed by atoms with E-state index in [4.69, 9.17) is 22.8 Å². The first-order valence-corrected chi connectivity index (χ1v) is 8.42. The molecule has 4 heteroatoms. The van der Waals surface area contributed by atoms with Gasteiger partial charge < -0.3 is 4.74 Å². The molecule has 0 spiro atoms. The van der Waals surface area contributed by atoms with E-state index in [1.807, 2.05) is 69.3 Å². The Morgan fingerprint density at radius 1 is 1.04 bits per heavy atom. The van der Waals surface area contributed by atoms with E-state index in [9.17, 15) is 4.79 Å². The Morgan fingerprint density at radius 2 is 1.52 bits per heavy atom. The van der Waals surface area contributed by atoms with E-state index < -0.39 is 5.60 Å². The lowest BCUT2D eigenvalue weighted by Crippen LogP contribution is -2.36. The molecule has 2 aromatic carbocycles. The summed E-state index contributed by atoms with van der Waals surface area (Å²) in [5.74, 6) is 2.59. The molecule has 0 saturated carbocycles. The molecule has 0 atom stereocenters. The summed E-state index contributed by atoms with van der Waals surface area (Å²) < 4.78 is 5.54. The molecule has 1 amide bonds. The molecule has 0 bridgehead atoms. The second-order valence-electron chi connectivity index (χ2n) is 6.80. The molecule has 0 aliphatic rings. The summed E-state index contributed by atoms with van der Waals surface area (Å²) in [5, 5.41) is 0.664. The number of halogens is 1. The van der Waals surface area contributed by atoms with Crippen LogP contribution in [0.1, 0.15) is 37.5 Å². The maximum Gasteiger partial charge on any atom is 0.410 e. The van der Waals surface area contributed by atoms with Gasteiger partial charge >= 0.3 is 6.09 Å². The molecule has 2 rings (SSSR count). The minimum Gasteiger partial charge on any atom is -0.444 e. The number of hydrogen-bond acceptors (Lipinski definition) is 2. The van der Waals surface area contributed by atoms with Crippen molar-refractivity contribution in [1.29, 1.82) is 0 Å². The van der Waals surface area contributed by atoms with Crippen LogP contribution in [0.15, 0.2) is 48.5 Å². The fourth-order valence-electron chi connectivity index (χ4n) is 2.25. The number of benzene rings is 2. The Morgan fingerprint density at radius 3 is 1.96 bits per heavy atom. The van der Waals surface area contributed by atoms with Crippen molar-refractivity contribution in [2.45, 2.75) is 39.5 Å². The normalized spacial score (nSPS) is 10.8. The van der Waals surface area contributed by atoms with Crippen molar-refractivity contribution >= 4 is 17.7 Å². The van der Waals surface area contributed by atoms with Crippen molar-refractivity contribution in [3.05, 3.63) is 70.2 Å².